The second-order valence-electron chi connectivity index (χ2n) is 5.10. The monoisotopic (exact) mass is 284 g/mol. The zero-order chi connectivity index (χ0) is 14.9. The number of rotatable bonds is 15. The maximum Gasteiger partial charge on any atom is 0.305 e. The predicted octanol–water partition coefficient (Wildman–Crippen LogP) is 3.75. The van der Waals surface area contributed by atoms with Gasteiger partial charge in [-0.1, -0.05) is 32.1 Å². The molecule has 0 N–H and O–H groups in total. The van der Waals surface area contributed by atoms with Crippen molar-refractivity contribution in [2.75, 3.05) is 13.2 Å². The molecule has 0 atom stereocenters. The number of ether oxygens (including phenoxy) is 1. The lowest BCUT2D eigenvalue weighted by molar-refractivity contribution is -0.143. The fourth-order valence-electron chi connectivity index (χ4n) is 1.99. The summed E-state index contributed by atoms with van der Waals surface area (Å²) in [5.41, 5.74) is 0. The van der Waals surface area contributed by atoms with E-state index in [1.54, 1.807) is 0 Å². The van der Waals surface area contributed by atoms with Crippen molar-refractivity contribution < 1.29 is 19.4 Å². The average Bonchev–Trinajstić information content (AvgIpc) is 2.45. The van der Waals surface area contributed by atoms with E-state index in [-0.39, 0.29) is 12.6 Å². The van der Waals surface area contributed by atoms with Crippen LogP contribution in [-0.4, -0.2) is 25.5 Å². The molecule has 0 aliphatic heterocycles. The molecule has 0 aromatic carbocycles. The minimum Gasteiger partial charge on any atom is -0.466 e. The standard InChI is InChI=1S/C16H28O4/c17-13-9-5-3-1-2-4-8-12-16(19)20-15-11-7-6-10-14-18/h1-12,14-15H2. The number of hydrogen-bond donors (Lipinski definition) is 0. The van der Waals surface area contributed by atoms with Gasteiger partial charge in [-0.05, 0) is 32.1 Å². The summed E-state index contributed by atoms with van der Waals surface area (Å²) in [4.78, 5) is 21.4. The van der Waals surface area contributed by atoms with Crippen molar-refractivity contribution in [2.24, 2.45) is 0 Å². The quantitative estimate of drug-likeness (QED) is 0.340. The first-order valence-electron chi connectivity index (χ1n) is 7.90. The van der Waals surface area contributed by atoms with Crippen molar-refractivity contribution in [1.29, 1.82) is 0 Å². The SMILES string of the molecule is [O]CCCCCCOC(=O)CCCCCCCC[C]=O. The number of hydrogen-bond acceptors (Lipinski definition) is 3. The number of carbonyl (C=O) groups excluding carboxylic acids is 2. The lowest BCUT2D eigenvalue weighted by Crippen LogP contribution is -2.05. The molecule has 0 aromatic rings. The molecule has 0 saturated carbocycles. The zero-order valence-electron chi connectivity index (χ0n) is 12.5. The van der Waals surface area contributed by atoms with Crippen molar-refractivity contribution >= 4 is 12.3 Å². The molecule has 4 heteroatoms. The summed E-state index contributed by atoms with van der Waals surface area (Å²) in [7, 11) is 0. The molecule has 0 heterocycles. The Kier molecular flexibility index (Phi) is 15.4. The summed E-state index contributed by atoms with van der Waals surface area (Å²) in [6.45, 7) is 0.479. The lowest BCUT2D eigenvalue weighted by atomic mass is 10.1. The molecule has 0 spiro atoms. The van der Waals surface area contributed by atoms with Crippen molar-refractivity contribution in [3.63, 3.8) is 0 Å². The van der Waals surface area contributed by atoms with Crippen LogP contribution in [0, 0.1) is 0 Å². The zero-order valence-corrected chi connectivity index (χ0v) is 12.5. The van der Waals surface area contributed by atoms with Crippen LogP contribution in [0.5, 0.6) is 0 Å². The highest BCUT2D eigenvalue weighted by Crippen LogP contribution is 2.09. The van der Waals surface area contributed by atoms with Crippen molar-refractivity contribution in [2.45, 2.75) is 77.0 Å². The maximum atomic E-state index is 11.4. The molecule has 116 valence electrons. The average molecular weight is 284 g/mol. The van der Waals surface area contributed by atoms with Gasteiger partial charge in [-0.25, -0.2) is 5.11 Å². The molecule has 0 aliphatic carbocycles. The van der Waals surface area contributed by atoms with Crippen LogP contribution in [0.25, 0.3) is 0 Å². The first kappa shape index (κ1) is 19.1. The van der Waals surface area contributed by atoms with E-state index in [4.69, 9.17) is 4.74 Å². The summed E-state index contributed by atoms with van der Waals surface area (Å²) in [6, 6.07) is 0. The topological polar surface area (TPSA) is 63.3 Å². The van der Waals surface area contributed by atoms with Crippen molar-refractivity contribution in [3.8, 4) is 0 Å². The van der Waals surface area contributed by atoms with E-state index in [2.05, 4.69) is 0 Å². The second-order valence-corrected chi connectivity index (χ2v) is 5.10. The highest BCUT2D eigenvalue weighted by Gasteiger charge is 2.02. The molecule has 0 amide bonds. The van der Waals surface area contributed by atoms with Crippen LogP contribution < -0.4 is 0 Å². The Bertz CT molecular complexity index is 229. The van der Waals surface area contributed by atoms with Crippen LogP contribution in [0.2, 0.25) is 0 Å². The molecule has 0 rings (SSSR count). The molecule has 0 aliphatic rings. The van der Waals surface area contributed by atoms with Gasteiger partial charge in [-0.2, -0.15) is 0 Å². The van der Waals surface area contributed by atoms with Gasteiger partial charge in [-0.3, -0.25) is 9.59 Å². The van der Waals surface area contributed by atoms with E-state index in [0.29, 0.717) is 19.4 Å². The Morgan fingerprint density at radius 3 is 2.10 bits per heavy atom. The molecule has 0 bridgehead atoms. The third-order valence-electron chi connectivity index (χ3n) is 3.21. The van der Waals surface area contributed by atoms with Gasteiger partial charge in [0, 0.05) is 12.8 Å². The van der Waals surface area contributed by atoms with Gasteiger partial charge in [0.1, 0.15) is 0 Å². The normalized spacial score (nSPS) is 10.4. The fraction of sp³-hybridized carbons (Fsp3) is 0.875. The summed E-state index contributed by atoms with van der Waals surface area (Å²) in [6.07, 6.45) is 12.6. The third kappa shape index (κ3) is 15.2. The van der Waals surface area contributed by atoms with Gasteiger partial charge in [0.05, 0.1) is 13.2 Å². The molecule has 0 fully saturated rings. The Morgan fingerprint density at radius 2 is 1.40 bits per heavy atom. The maximum absolute atomic E-state index is 11.4. The highest BCUT2D eigenvalue weighted by molar-refractivity contribution is 5.69. The molecule has 4 nitrogen and oxygen atoms in total. The van der Waals surface area contributed by atoms with Crippen LogP contribution in [0.4, 0.5) is 0 Å². The molecule has 0 saturated heterocycles. The van der Waals surface area contributed by atoms with Crippen molar-refractivity contribution in [1.82, 2.24) is 0 Å². The first-order valence-corrected chi connectivity index (χ1v) is 7.90. The first-order chi connectivity index (χ1) is 9.81. The Morgan fingerprint density at radius 1 is 0.800 bits per heavy atom. The van der Waals surface area contributed by atoms with Gasteiger partial charge < -0.3 is 4.74 Å². The molecule has 0 aromatic heterocycles. The molecule has 2 radical (unpaired) electrons. The van der Waals surface area contributed by atoms with Crippen LogP contribution in [0.15, 0.2) is 0 Å². The number of unbranched alkanes of at least 4 members (excludes halogenated alkanes) is 9. The van der Waals surface area contributed by atoms with E-state index < -0.39 is 0 Å². The van der Waals surface area contributed by atoms with Crippen LogP contribution in [0.3, 0.4) is 0 Å². The van der Waals surface area contributed by atoms with E-state index >= 15 is 0 Å². The summed E-state index contributed by atoms with van der Waals surface area (Å²) >= 11 is 0. The molecule has 0 unspecified atom stereocenters. The lowest BCUT2D eigenvalue weighted by Gasteiger charge is -2.04. The van der Waals surface area contributed by atoms with E-state index in [0.717, 1.165) is 64.2 Å². The van der Waals surface area contributed by atoms with Crippen LogP contribution in [-0.2, 0) is 19.4 Å². The van der Waals surface area contributed by atoms with E-state index in [1.165, 1.54) is 0 Å². The Balaban J connectivity index is 3.14. The number of esters is 1. The molecular formula is C16H28O4. The van der Waals surface area contributed by atoms with E-state index in [1.807, 2.05) is 6.29 Å². The number of carbonyl (C=O) groups is 1. The van der Waals surface area contributed by atoms with Gasteiger partial charge in [0.15, 0.2) is 6.29 Å². The summed E-state index contributed by atoms with van der Waals surface area (Å²) in [5.74, 6) is -0.107. The fourth-order valence-corrected chi connectivity index (χ4v) is 1.99. The molecule has 20 heavy (non-hydrogen) atoms. The molecular weight excluding hydrogens is 256 g/mol. The summed E-state index contributed by atoms with van der Waals surface area (Å²) in [5, 5.41) is 10.2. The van der Waals surface area contributed by atoms with Gasteiger partial charge in [-0.15, -0.1) is 0 Å². The Hall–Kier alpha value is -0.900. The van der Waals surface area contributed by atoms with Gasteiger partial charge in [0.25, 0.3) is 0 Å². The van der Waals surface area contributed by atoms with E-state index in [9.17, 15) is 14.7 Å². The minimum absolute atomic E-state index is 0.00676. The van der Waals surface area contributed by atoms with Gasteiger partial charge >= 0.3 is 5.97 Å². The minimum atomic E-state index is -0.107. The second kappa shape index (κ2) is 16.2. The van der Waals surface area contributed by atoms with Crippen LogP contribution in [0.1, 0.15) is 77.0 Å². The van der Waals surface area contributed by atoms with Crippen molar-refractivity contribution in [3.05, 3.63) is 0 Å². The van der Waals surface area contributed by atoms with Gasteiger partial charge in [0.2, 0.25) is 0 Å². The summed E-state index contributed by atoms with van der Waals surface area (Å²) < 4.78 is 5.12. The Labute approximate surface area is 122 Å². The largest absolute Gasteiger partial charge is 0.466 e. The third-order valence-corrected chi connectivity index (χ3v) is 3.21. The smallest absolute Gasteiger partial charge is 0.305 e. The highest BCUT2D eigenvalue weighted by atomic mass is 16.5. The predicted molar refractivity (Wildman–Crippen MR) is 77.6 cm³/mol. The van der Waals surface area contributed by atoms with Crippen LogP contribution >= 0.6 is 0 Å².